The fourth-order valence-electron chi connectivity index (χ4n) is 2.89. The zero-order chi connectivity index (χ0) is 15.5. The molecule has 3 rings (SSSR count). The molecule has 0 spiro atoms. The molecule has 4 heteroatoms. The first kappa shape index (κ1) is 15.2. The largest absolute Gasteiger partial charge is 0.468 e. The van der Waals surface area contributed by atoms with Crippen molar-refractivity contribution in [1.29, 1.82) is 0 Å². The molecule has 0 aliphatic carbocycles. The van der Waals surface area contributed by atoms with Crippen LogP contribution in [0.3, 0.4) is 0 Å². The highest BCUT2D eigenvalue weighted by molar-refractivity contribution is 7.99. The number of rotatable bonds is 4. The maximum Gasteiger partial charge on any atom is 0.240 e. The lowest BCUT2D eigenvalue weighted by Crippen LogP contribution is -2.45. The Kier molecular flexibility index (Phi) is 4.57. The van der Waals surface area contributed by atoms with Crippen LogP contribution in [0.5, 0.6) is 0 Å². The molecule has 0 fully saturated rings. The van der Waals surface area contributed by atoms with Crippen molar-refractivity contribution in [3.8, 4) is 0 Å². The van der Waals surface area contributed by atoms with Crippen LogP contribution in [0.25, 0.3) is 0 Å². The molecule has 22 heavy (non-hydrogen) atoms. The van der Waals surface area contributed by atoms with Gasteiger partial charge in [-0.2, -0.15) is 0 Å². The first-order valence-corrected chi connectivity index (χ1v) is 8.76. The van der Waals surface area contributed by atoms with E-state index in [9.17, 15) is 4.79 Å². The second kappa shape index (κ2) is 6.61. The van der Waals surface area contributed by atoms with Crippen molar-refractivity contribution in [1.82, 2.24) is 0 Å². The lowest BCUT2D eigenvalue weighted by molar-refractivity contribution is -0.118. The average molecular weight is 315 g/mol. The molecule has 1 aliphatic heterocycles. The molecule has 0 saturated heterocycles. The molecule has 2 aromatic rings. The lowest BCUT2D eigenvalue weighted by atomic mass is 9.96. The number of furan rings is 1. The number of carbonyl (C=O) groups excluding carboxylic acids is 1. The summed E-state index contributed by atoms with van der Waals surface area (Å²) in [4.78, 5) is 14.9. The number of hydrogen-bond acceptors (Lipinski definition) is 3. The number of anilines is 1. The van der Waals surface area contributed by atoms with Crippen LogP contribution in [-0.4, -0.2) is 17.2 Å². The standard InChI is InChI=1S/C18H21NO2S/c1-13-9-10-15-6-3-4-8-17(15)19(13)18(20)14(2)22-12-16-7-5-11-21-16/h3-8,11,13-14H,9-10,12H2,1-2H3. The Balaban J connectivity index is 1.73. The van der Waals surface area contributed by atoms with Gasteiger partial charge in [-0.1, -0.05) is 18.2 Å². The Morgan fingerprint density at radius 2 is 2.18 bits per heavy atom. The Hall–Kier alpha value is -1.68. The second-order valence-electron chi connectivity index (χ2n) is 5.76. The number of thioether (sulfide) groups is 1. The van der Waals surface area contributed by atoms with Crippen LogP contribution >= 0.6 is 11.8 Å². The van der Waals surface area contributed by atoms with Crippen LogP contribution < -0.4 is 4.90 Å². The zero-order valence-electron chi connectivity index (χ0n) is 13.0. The molecule has 1 amide bonds. The predicted molar refractivity (Wildman–Crippen MR) is 91.2 cm³/mol. The zero-order valence-corrected chi connectivity index (χ0v) is 13.8. The minimum absolute atomic E-state index is 0.0845. The number of para-hydroxylation sites is 1. The summed E-state index contributed by atoms with van der Waals surface area (Å²) in [5.41, 5.74) is 2.36. The summed E-state index contributed by atoms with van der Waals surface area (Å²) in [5.74, 6) is 1.83. The van der Waals surface area contributed by atoms with Gasteiger partial charge in [0, 0.05) is 11.7 Å². The molecule has 0 N–H and O–H groups in total. The minimum Gasteiger partial charge on any atom is -0.468 e. The monoisotopic (exact) mass is 315 g/mol. The molecule has 1 aromatic heterocycles. The molecular formula is C18H21NO2S. The van der Waals surface area contributed by atoms with Crippen molar-refractivity contribution >= 4 is 23.4 Å². The highest BCUT2D eigenvalue weighted by Gasteiger charge is 2.30. The van der Waals surface area contributed by atoms with Gasteiger partial charge in [-0.3, -0.25) is 4.79 Å². The number of nitrogens with zero attached hydrogens (tertiary/aromatic N) is 1. The van der Waals surface area contributed by atoms with E-state index in [0.29, 0.717) is 0 Å². The first-order valence-electron chi connectivity index (χ1n) is 7.72. The normalized spacial score (nSPS) is 18.8. The van der Waals surface area contributed by atoms with Gasteiger partial charge >= 0.3 is 0 Å². The number of aryl methyl sites for hydroxylation is 1. The topological polar surface area (TPSA) is 33.5 Å². The number of fused-ring (bicyclic) bond motifs is 1. The highest BCUT2D eigenvalue weighted by atomic mass is 32.2. The van der Waals surface area contributed by atoms with Gasteiger partial charge in [0.1, 0.15) is 5.76 Å². The lowest BCUT2D eigenvalue weighted by Gasteiger charge is -2.36. The molecule has 2 unspecified atom stereocenters. The van der Waals surface area contributed by atoms with E-state index in [2.05, 4.69) is 19.1 Å². The van der Waals surface area contributed by atoms with Crippen LogP contribution in [0.1, 0.15) is 31.6 Å². The van der Waals surface area contributed by atoms with E-state index in [1.54, 1.807) is 18.0 Å². The molecular weight excluding hydrogens is 294 g/mol. The molecule has 2 heterocycles. The quantitative estimate of drug-likeness (QED) is 0.845. The molecule has 2 atom stereocenters. The maximum absolute atomic E-state index is 12.9. The summed E-state index contributed by atoms with van der Waals surface area (Å²) in [6.45, 7) is 4.12. The second-order valence-corrected chi connectivity index (χ2v) is 7.09. The van der Waals surface area contributed by atoms with Crippen molar-refractivity contribution in [3.63, 3.8) is 0 Å². The SMILES string of the molecule is CC(SCc1ccco1)C(=O)N1c2ccccc2CCC1C. The Labute approximate surface area is 135 Å². The van der Waals surface area contributed by atoms with E-state index in [1.165, 1.54) is 5.56 Å². The maximum atomic E-state index is 12.9. The van der Waals surface area contributed by atoms with Gasteiger partial charge in [0.2, 0.25) is 5.91 Å². The molecule has 1 aliphatic rings. The average Bonchev–Trinajstić information content (AvgIpc) is 3.05. The molecule has 0 saturated carbocycles. The summed E-state index contributed by atoms with van der Waals surface area (Å²) in [6.07, 6.45) is 3.75. The van der Waals surface area contributed by atoms with Crippen LogP contribution in [0, 0.1) is 0 Å². The van der Waals surface area contributed by atoms with Gasteiger partial charge in [-0.15, -0.1) is 11.8 Å². The summed E-state index contributed by atoms with van der Waals surface area (Å²) >= 11 is 1.63. The van der Waals surface area contributed by atoms with Crippen molar-refractivity contribution in [2.45, 2.75) is 43.7 Å². The van der Waals surface area contributed by atoms with Crippen molar-refractivity contribution in [3.05, 3.63) is 54.0 Å². The summed E-state index contributed by atoms with van der Waals surface area (Å²) in [5, 5.41) is -0.0845. The van der Waals surface area contributed by atoms with Gasteiger partial charge in [0.15, 0.2) is 0 Å². The first-order chi connectivity index (χ1) is 10.7. The highest BCUT2D eigenvalue weighted by Crippen LogP contribution is 2.32. The molecule has 1 aromatic carbocycles. The number of carbonyl (C=O) groups is 1. The van der Waals surface area contributed by atoms with Gasteiger partial charge < -0.3 is 9.32 Å². The smallest absolute Gasteiger partial charge is 0.240 e. The molecule has 0 radical (unpaired) electrons. The molecule has 3 nitrogen and oxygen atoms in total. The summed E-state index contributed by atoms with van der Waals surface area (Å²) in [7, 11) is 0. The third-order valence-corrected chi connectivity index (χ3v) is 5.32. The van der Waals surface area contributed by atoms with E-state index in [1.807, 2.05) is 36.1 Å². The van der Waals surface area contributed by atoms with Crippen LogP contribution in [0.15, 0.2) is 47.1 Å². The van der Waals surface area contributed by atoms with Crippen LogP contribution in [0.2, 0.25) is 0 Å². The number of hydrogen-bond donors (Lipinski definition) is 0. The molecule has 0 bridgehead atoms. The van der Waals surface area contributed by atoms with E-state index in [-0.39, 0.29) is 17.2 Å². The summed E-state index contributed by atoms with van der Waals surface area (Å²) in [6, 6.07) is 12.3. The predicted octanol–water partition coefficient (Wildman–Crippen LogP) is 4.27. The number of amides is 1. The fraction of sp³-hybridized carbons (Fsp3) is 0.389. The summed E-state index contributed by atoms with van der Waals surface area (Å²) < 4.78 is 5.34. The minimum atomic E-state index is -0.0845. The van der Waals surface area contributed by atoms with E-state index in [4.69, 9.17) is 4.42 Å². The van der Waals surface area contributed by atoms with Gasteiger partial charge in [-0.05, 0) is 50.5 Å². The fourth-order valence-corrected chi connectivity index (χ4v) is 3.73. The Bertz CT molecular complexity index is 638. The van der Waals surface area contributed by atoms with Gasteiger partial charge in [-0.25, -0.2) is 0 Å². The third-order valence-electron chi connectivity index (χ3n) is 4.16. The Morgan fingerprint density at radius 3 is 2.95 bits per heavy atom. The van der Waals surface area contributed by atoms with E-state index < -0.39 is 0 Å². The van der Waals surface area contributed by atoms with Crippen LogP contribution in [0.4, 0.5) is 5.69 Å². The van der Waals surface area contributed by atoms with E-state index >= 15 is 0 Å². The molecule has 116 valence electrons. The van der Waals surface area contributed by atoms with Crippen molar-refractivity contribution < 1.29 is 9.21 Å². The Morgan fingerprint density at radius 1 is 1.36 bits per heavy atom. The van der Waals surface area contributed by atoms with Gasteiger partial charge in [0.05, 0.1) is 17.3 Å². The van der Waals surface area contributed by atoms with Crippen LogP contribution in [-0.2, 0) is 17.0 Å². The van der Waals surface area contributed by atoms with E-state index in [0.717, 1.165) is 30.0 Å². The van der Waals surface area contributed by atoms with Gasteiger partial charge in [0.25, 0.3) is 0 Å². The van der Waals surface area contributed by atoms with Crippen molar-refractivity contribution in [2.75, 3.05) is 4.90 Å². The number of benzene rings is 1. The van der Waals surface area contributed by atoms with Crippen molar-refractivity contribution in [2.24, 2.45) is 0 Å². The third kappa shape index (κ3) is 3.07.